The number of carbonyl (C=O) groups excluding carboxylic acids is 1. The third kappa shape index (κ3) is 3.51. The summed E-state index contributed by atoms with van der Waals surface area (Å²) in [6.45, 7) is 1.95. The Balaban J connectivity index is 1.57. The van der Waals surface area contributed by atoms with Crippen LogP contribution in [0.2, 0.25) is 0 Å². The van der Waals surface area contributed by atoms with Crippen molar-refractivity contribution in [3.8, 4) is 22.9 Å². The molecule has 8 heteroatoms. The van der Waals surface area contributed by atoms with Gasteiger partial charge in [0.05, 0.1) is 25.6 Å². The van der Waals surface area contributed by atoms with E-state index in [-0.39, 0.29) is 5.91 Å². The number of hydrogen-bond acceptors (Lipinski definition) is 6. The maximum atomic E-state index is 13.0. The zero-order valence-electron chi connectivity index (χ0n) is 18.4. The number of benzene rings is 3. The van der Waals surface area contributed by atoms with Crippen LogP contribution in [-0.2, 0) is 0 Å². The molecule has 33 heavy (non-hydrogen) atoms. The van der Waals surface area contributed by atoms with Crippen LogP contribution >= 0.6 is 0 Å². The molecule has 1 N–H and O–H groups in total. The van der Waals surface area contributed by atoms with Crippen LogP contribution in [0.15, 0.2) is 66.7 Å². The monoisotopic (exact) mass is 439 g/mol. The number of fused-ring (bicyclic) bond motifs is 3. The molecule has 1 amide bonds. The van der Waals surface area contributed by atoms with Crippen LogP contribution in [0.3, 0.4) is 0 Å². The highest BCUT2D eigenvalue weighted by Crippen LogP contribution is 2.31. The molecule has 0 fully saturated rings. The number of para-hydroxylation sites is 1. The summed E-state index contributed by atoms with van der Waals surface area (Å²) in [6, 6.07) is 20.4. The fourth-order valence-corrected chi connectivity index (χ4v) is 3.87. The van der Waals surface area contributed by atoms with Crippen LogP contribution in [-0.4, -0.2) is 39.9 Å². The van der Waals surface area contributed by atoms with Crippen molar-refractivity contribution in [2.75, 3.05) is 19.5 Å². The smallest absolute Gasteiger partial charge is 0.255 e. The lowest BCUT2D eigenvalue weighted by atomic mass is 10.1. The molecule has 0 spiro atoms. The first-order valence-corrected chi connectivity index (χ1v) is 10.3. The summed E-state index contributed by atoms with van der Waals surface area (Å²) in [5, 5.41) is 18.5. The summed E-state index contributed by atoms with van der Waals surface area (Å²) >= 11 is 0. The van der Waals surface area contributed by atoms with Crippen molar-refractivity contribution in [1.82, 2.24) is 19.8 Å². The van der Waals surface area contributed by atoms with Crippen LogP contribution in [0, 0.1) is 6.92 Å². The Labute approximate surface area is 189 Å². The fraction of sp³-hybridized carbons (Fsp3) is 0.120. The number of aryl methyl sites for hydroxylation is 1. The van der Waals surface area contributed by atoms with Crippen LogP contribution < -0.4 is 14.8 Å². The highest BCUT2D eigenvalue weighted by atomic mass is 16.5. The summed E-state index contributed by atoms with van der Waals surface area (Å²) in [5.74, 6) is 1.29. The lowest BCUT2D eigenvalue weighted by molar-refractivity contribution is 0.102. The summed E-state index contributed by atoms with van der Waals surface area (Å²) in [5.41, 5.74) is 3.27. The van der Waals surface area contributed by atoms with Gasteiger partial charge in [-0.1, -0.05) is 36.4 Å². The zero-order valence-corrected chi connectivity index (χ0v) is 18.4. The number of anilines is 1. The number of aromatic nitrogens is 4. The van der Waals surface area contributed by atoms with E-state index < -0.39 is 0 Å². The van der Waals surface area contributed by atoms with E-state index in [0.29, 0.717) is 39.8 Å². The first-order valence-electron chi connectivity index (χ1n) is 10.3. The van der Waals surface area contributed by atoms with Gasteiger partial charge in [-0.3, -0.25) is 4.79 Å². The maximum Gasteiger partial charge on any atom is 0.255 e. The average Bonchev–Trinajstić information content (AvgIpc) is 3.27. The van der Waals surface area contributed by atoms with Crippen molar-refractivity contribution < 1.29 is 14.3 Å². The molecular weight excluding hydrogens is 418 g/mol. The second-order valence-corrected chi connectivity index (χ2v) is 7.46. The minimum atomic E-state index is -0.285. The van der Waals surface area contributed by atoms with Crippen molar-refractivity contribution in [1.29, 1.82) is 0 Å². The third-order valence-electron chi connectivity index (χ3n) is 5.51. The molecular formula is C25H21N5O3. The van der Waals surface area contributed by atoms with Crippen molar-refractivity contribution in [2.24, 2.45) is 0 Å². The summed E-state index contributed by atoms with van der Waals surface area (Å²) in [4.78, 5) is 13.0. The molecule has 0 saturated heterocycles. The number of hydrogen-bond donors (Lipinski definition) is 1. The maximum absolute atomic E-state index is 13.0. The minimum absolute atomic E-state index is 0.285. The van der Waals surface area contributed by atoms with Crippen LogP contribution in [0.4, 0.5) is 5.69 Å². The van der Waals surface area contributed by atoms with Crippen molar-refractivity contribution >= 4 is 28.0 Å². The second kappa shape index (κ2) is 8.23. The fourth-order valence-electron chi connectivity index (χ4n) is 3.87. The first kappa shape index (κ1) is 20.4. The normalized spacial score (nSPS) is 11.0. The Morgan fingerprint density at radius 2 is 1.61 bits per heavy atom. The van der Waals surface area contributed by atoms with Gasteiger partial charge in [-0.2, -0.15) is 9.61 Å². The largest absolute Gasteiger partial charge is 0.493 e. The van der Waals surface area contributed by atoms with Gasteiger partial charge < -0.3 is 14.8 Å². The lowest BCUT2D eigenvalue weighted by Gasteiger charge is -2.12. The van der Waals surface area contributed by atoms with Crippen molar-refractivity contribution in [2.45, 2.75) is 6.92 Å². The molecule has 8 nitrogen and oxygen atoms in total. The standard InChI is InChI=1S/C25H21N5O3/c1-15-17-8-4-5-9-18(17)23-27-28-24(30(23)29-15)19-10-6-7-11-20(19)26-25(31)16-12-13-21(32-2)22(14-16)33-3/h4-14H,1-3H3,(H,26,31). The number of methoxy groups -OCH3 is 2. The lowest BCUT2D eigenvalue weighted by Crippen LogP contribution is -2.13. The number of ether oxygens (including phenoxy) is 2. The second-order valence-electron chi connectivity index (χ2n) is 7.46. The quantitative estimate of drug-likeness (QED) is 0.433. The molecule has 0 saturated carbocycles. The van der Waals surface area contributed by atoms with Gasteiger partial charge in [0.15, 0.2) is 23.0 Å². The number of nitrogens with one attached hydrogen (secondary N) is 1. The molecule has 5 aromatic rings. The van der Waals surface area contributed by atoms with E-state index in [1.807, 2.05) is 55.5 Å². The Morgan fingerprint density at radius 1 is 0.879 bits per heavy atom. The van der Waals surface area contributed by atoms with Gasteiger partial charge in [-0.05, 0) is 37.3 Å². The molecule has 3 aromatic carbocycles. The van der Waals surface area contributed by atoms with Crippen LogP contribution in [0.1, 0.15) is 16.1 Å². The third-order valence-corrected chi connectivity index (χ3v) is 5.51. The van der Waals surface area contributed by atoms with Gasteiger partial charge in [0.2, 0.25) is 0 Å². The zero-order chi connectivity index (χ0) is 22.9. The highest BCUT2D eigenvalue weighted by molar-refractivity contribution is 6.06. The van der Waals surface area contributed by atoms with E-state index in [9.17, 15) is 4.79 Å². The molecule has 0 aliphatic rings. The molecule has 0 aliphatic carbocycles. The molecule has 2 aromatic heterocycles. The molecule has 0 unspecified atom stereocenters. The average molecular weight is 439 g/mol. The summed E-state index contributed by atoms with van der Waals surface area (Å²) in [7, 11) is 3.08. The number of rotatable bonds is 5. The molecule has 0 bridgehead atoms. The van der Waals surface area contributed by atoms with Crippen molar-refractivity contribution in [3.05, 3.63) is 78.0 Å². The predicted octanol–water partition coefficient (Wildman–Crippen LogP) is 4.52. The molecule has 2 heterocycles. The Kier molecular flexibility index (Phi) is 5.10. The van der Waals surface area contributed by atoms with Crippen LogP contribution in [0.25, 0.3) is 27.8 Å². The van der Waals surface area contributed by atoms with Crippen LogP contribution in [0.5, 0.6) is 11.5 Å². The Bertz CT molecular complexity index is 1510. The Morgan fingerprint density at radius 3 is 2.39 bits per heavy atom. The van der Waals surface area contributed by atoms with Gasteiger partial charge in [0.1, 0.15) is 0 Å². The molecule has 164 valence electrons. The molecule has 0 radical (unpaired) electrons. The predicted molar refractivity (Wildman–Crippen MR) is 126 cm³/mol. The van der Waals surface area contributed by atoms with E-state index in [0.717, 1.165) is 16.5 Å². The highest BCUT2D eigenvalue weighted by Gasteiger charge is 2.18. The molecule has 0 atom stereocenters. The topological polar surface area (TPSA) is 90.6 Å². The first-order chi connectivity index (χ1) is 16.1. The van der Waals surface area contributed by atoms with Gasteiger partial charge in [0, 0.05) is 21.9 Å². The van der Waals surface area contributed by atoms with Gasteiger partial charge in [0.25, 0.3) is 5.91 Å². The number of amides is 1. The molecule has 5 rings (SSSR count). The summed E-state index contributed by atoms with van der Waals surface area (Å²) in [6.07, 6.45) is 0. The van der Waals surface area contributed by atoms with Gasteiger partial charge in [-0.25, -0.2) is 0 Å². The summed E-state index contributed by atoms with van der Waals surface area (Å²) < 4.78 is 12.3. The van der Waals surface area contributed by atoms with E-state index in [1.54, 1.807) is 29.8 Å². The SMILES string of the molecule is COc1ccc(C(=O)Nc2ccccc2-c2nnc3c4ccccc4c(C)nn23)cc1OC. The van der Waals surface area contributed by atoms with Gasteiger partial charge >= 0.3 is 0 Å². The van der Waals surface area contributed by atoms with Gasteiger partial charge in [-0.15, -0.1) is 10.2 Å². The van der Waals surface area contributed by atoms with Crippen molar-refractivity contribution in [3.63, 3.8) is 0 Å². The Hall–Kier alpha value is -4.46. The molecule has 0 aliphatic heterocycles. The number of nitrogens with zero attached hydrogens (tertiary/aromatic N) is 4. The van der Waals surface area contributed by atoms with E-state index in [2.05, 4.69) is 15.5 Å². The van der Waals surface area contributed by atoms with E-state index in [1.165, 1.54) is 7.11 Å². The minimum Gasteiger partial charge on any atom is -0.493 e. The van der Waals surface area contributed by atoms with E-state index in [4.69, 9.17) is 14.6 Å². The van der Waals surface area contributed by atoms with E-state index >= 15 is 0 Å². The number of carbonyl (C=O) groups is 1.